The van der Waals surface area contributed by atoms with Crippen molar-refractivity contribution in [1.82, 2.24) is 5.32 Å². The van der Waals surface area contributed by atoms with Crippen LogP contribution in [-0.4, -0.2) is 17.4 Å². The minimum absolute atomic E-state index is 0.0237. The van der Waals surface area contributed by atoms with Gasteiger partial charge in [0.05, 0.1) is 11.5 Å². The third-order valence-electron chi connectivity index (χ3n) is 4.48. The van der Waals surface area contributed by atoms with Crippen molar-refractivity contribution in [1.29, 1.82) is 0 Å². The molecule has 6 nitrogen and oxygen atoms in total. The highest BCUT2D eigenvalue weighted by atomic mass is 16.6. The number of rotatable bonds is 7. The second kappa shape index (κ2) is 8.58. The number of anilines is 1. The maximum Gasteiger partial charge on any atom is 0.293 e. The van der Waals surface area contributed by atoms with E-state index in [0.29, 0.717) is 11.5 Å². The van der Waals surface area contributed by atoms with Gasteiger partial charge in [-0.3, -0.25) is 14.9 Å². The highest BCUT2D eigenvalue weighted by Crippen LogP contribution is 2.30. The van der Waals surface area contributed by atoms with Crippen molar-refractivity contribution < 1.29 is 9.72 Å². The smallest absolute Gasteiger partial charge is 0.293 e. The van der Waals surface area contributed by atoms with Crippen LogP contribution in [0.4, 0.5) is 11.4 Å². The van der Waals surface area contributed by atoms with Crippen molar-refractivity contribution in [2.45, 2.75) is 33.7 Å². The molecule has 0 radical (unpaired) electrons. The number of nitro groups is 1. The lowest BCUT2D eigenvalue weighted by Crippen LogP contribution is -2.34. The SMILES string of the molecule is Cc1ccc([N+](=O)[O-])c(NC(=O)CN[C@@H](c2ccccc2)C(C)C)c1C. The fraction of sp³-hybridized carbons (Fsp3) is 0.350. The summed E-state index contributed by atoms with van der Waals surface area (Å²) < 4.78 is 0. The summed E-state index contributed by atoms with van der Waals surface area (Å²) in [7, 11) is 0. The molecule has 26 heavy (non-hydrogen) atoms. The molecule has 0 aliphatic carbocycles. The van der Waals surface area contributed by atoms with Crippen LogP contribution in [0.25, 0.3) is 0 Å². The molecule has 138 valence electrons. The Labute approximate surface area is 153 Å². The van der Waals surface area contributed by atoms with Crippen LogP contribution >= 0.6 is 0 Å². The summed E-state index contributed by atoms with van der Waals surface area (Å²) in [4.78, 5) is 23.2. The molecule has 1 atom stereocenters. The molecule has 2 N–H and O–H groups in total. The van der Waals surface area contributed by atoms with E-state index in [1.165, 1.54) is 6.07 Å². The summed E-state index contributed by atoms with van der Waals surface area (Å²) in [5.41, 5.74) is 2.87. The average molecular weight is 355 g/mol. The quantitative estimate of drug-likeness (QED) is 0.577. The van der Waals surface area contributed by atoms with E-state index in [4.69, 9.17) is 0 Å². The first-order chi connectivity index (χ1) is 12.3. The number of nitro benzene ring substituents is 1. The minimum atomic E-state index is -0.476. The van der Waals surface area contributed by atoms with Crippen LogP contribution in [0.15, 0.2) is 42.5 Å². The van der Waals surface area contributed by atoms with E-state index in [1.54, 1.807) is 13.0 Å². The molecular weight excluding hydrogens is 330 g/mol. The number of nitrogens with zero attached hydrogens (tertiary/aromatic N) is 1. The van der Waals surface area contributed by atoms with E-state index >= 15 is 0 Å². The highest BCUT2D eigenvalue weighted by molar-refractivity contribution is 5.95. The standard InChI is InChI=1S/C20H25N3O3/c1-13(2)19(16-8-6-5-7-9-16)21-12-18(24)22-20-15(4)14(3)10-11-17(20)23(25)26/h5-11,13,19,21H,12H2,1-4H3,(H,22,24)/t19-/m1/s1. The summed E-state index contributed by atoms with van der Waals surface area (Å²) >= 11 is 0. The zero-order valence-corrected chi connectivity index (χ0v) is 15.6. The zero-order valence-electron chi connectivity index (χ0n) is 15.6. The van der Waals surface area contributed by atoms with Crippen molar-refractivity contribution >= 4 is 17.3 Å². The molecule has 0 fully saturated rings. The lowest BCUT2D eigenvalue weighted by molar-refractivity contribution is -0.384. The molecule has 0 heterocycles. The topological polar surface area (TPSA) is 84.3 Å². The van der Waals surface area contributed by atoms with Gasteiger partial charge >= 0.3 is 0 Å². The Morgan fingerprint density at radius 2 is 1.77 bits per heavy atom. The molecule has 2 rings (SSSR count). The van der Waals surface area contributed by atoms with Gasteiger partial charge in [0.2, 0.25) is 5.91 Å². The normalized spacial score (nSPS) is 12.0. The van der Waals surface area contributed by atoms with Crippen LogP contribution in [0, 0.1) is 29.9 Å². The van der Waals surface area contributed by atoms with E-state index in [0.717, 1.165) is 11.1 Å². The van der Waals surface area contributed by atoms with Gasteiger partial charge < -0.3 is 10.6 Å². The molecule has 0 spiro atoms. The van der Waals surface area contributed by atoms with Crippen molar-refractivity contribution in [2.75, 3.05) is 11.9 Å². The van der Waals surface area contributed by atoms with Gasteiger partial charge in [-0.2, -0.15) is 0 Å². The third-order valence-corrected chi connectivity index (χ3v) is 4.48. The molecule has 0 aliphatic rings. The van der Waals surface area contributed by atoms with Gasteiger partial charge in [-0.15, -0.1) is 0 Å². The Hall–Kier alpha value is -2.73. The Balaban J connectivity index is 2.12. The monoisotopic (exact) mass is 355 g/mol. The van der Waals surface area contributed by atoms with Crippen LogP contribution in [-0.2, 0) is 4.79 Å². The second-order valence-corrected chi connectivity index (χ2v) is 6.72. The first-order valence-electron chi connectivity index (χ1n) is 8.64. The summed E-state index contributed by atoms with van der Waals surface area (Å²) in [6.07, 6.45) is 0. The Bertz CT molecular complexity index is 788. The summed E-state index contributed by atoms with van der Waals surface area (Å²) in [6, 6.07) is 13.1. The van der Waals surface area contributed by atoms with E-state index in [2.05, 4.69) is 24.5 Å². The van der Waals surface area contributed by atoms with Gasteiger partial charge in [-0.25, -0.2) is 0 Å². The Kier molecular flexibility index (Phi) is 6.46. The van der Waals surface area contributed by atoms with Crippen molar-refractivity contribution in [3.8, 4) is 0 Å². The lowest BCUT2D eigenvalue weighted by Gasteiger charge is -2.23. The Morgan fingerprint density at radius 3 is 2.35 bits per heavy atom. The summed E-state index contributed by atoms with van der Waals surface area (Å²) in [6.45, 7) is 7.86. The molecule has 1 amide bonds. The number of carbonyl (C=O) groups excluding carboxylic acids is 1. The Morgan fingerprint density at radius 1 is 1.12 bits per heavy atom. The van der Waals surface area contributed by atoms with Crippen LogP contribution in [0.3, 0.4) is 0 Å². The number of hydrogen-bond donors (Lipinski definition) is 2. The molecule has 0 bridgehead atoms. The van der Waals surface area contributed by atoms with Crippen LogP contribution < -0.4 is 10.6 Å². The van der Waals surface area contributed by atoms with Gasteiger partial charge in [0.25, 0.3) is 5.69 Å². The van der Waals surface area contributed by atoms with Crippen molar-refractivity contribution in [3.05, 3.63) is 69.3 Å². The predicted octanol–water partition coefficient (Wildman–Crippen LogP) is 4.14. The number of amides is 1. The van der Waals surface area contributed by atoms with Gasteiger partial charge in [-0.05, 0) is 36.5 Å². The maximum absolute atomic E-state index is 12.4. The number of benzene rings is 2. The van der Waals surface area contributed by atoms with Crippen molar-refractivity contribution in [3.63, 3.8) is 0 Å². The van der Waals surface area contributed by atoms with Crippen LogP contribution in [0.2, 0.25) is 0 Å². The second-order valence-electron chi connectivity index (χ2n) is 6.72. The molecule has 0 aromatic heterocycles. The molecule has 0 saturated heterocycles. The predicted molar refractivity (Wildman–Crippen MR) is 103 cm³/mol. The molecule has 0 unspecified atom stereocenters. The van der Waals surface area contributed by atoms with E-state index in [-0.39, 0.29) is 29.9 Å². The van der Waals surface area contributed by atoms with E-state index in [1.807, 2.05) is 37.3 Å². The molecule has 2 aromatic carbocycles. The minimum Gasteiger partial charge on any atom is -0.319 e. The first-order valence-corrected chi connectivity index (χ1v) is 8.64. The van der Waals surface area contributed by atoms with Gasteiger partial charge in [0.1, 0.15) is 5.69 Å². The van der Waals surface area contributed by atoms with Crippen molar-refractivity contribution in [2.24, 2.45) is 5.92 Å². The zero-order chi connectivity index (χ0) is 19.3. The molecule has 2 aromatic rings. The van der Waals surface area contributed by atoms with Crippen LogP contribution in [0.1, 0.15) is 36.6 Å². The average Bonchev–Trinajstić information content (AvgIpc) is 2.59. The summed E-state index contributed by atoms with van der Waals surface area (Å²) in [5, 5.41) is 17.2. The number of carbonyl (C=O) groups is 1. The van der Waals surface area contributed by atoms with Gasteiger partial charge in [0.15, 0.2) is 0 Å². The highest BCUT2D eigenvalue weighted by Gasteiger charge is 2.21. The molecule has 6 heteroatoms. The molecular formula is C20H25N3O3. The molecule has 0 saturated carbocycles. The number of hydrogen-bond acceptors (Lipinski definition) is 4. The fourth-order valence-electron chi connectivity index (χ4n) is 2.90. The third kappa shape index (κ3) is 4.67. The van der Waals surface area contributed by atoms with Gasteiger partial charge in [-0.1, -0.05) is 50.2 Å². The summed E-state index contributed by atoms with van der Waals surface area (Å²) in [5.74, 6) is -0.0105. The maximum atomic E-state index is 12.4. The van der Waals surface area contributed by atoms with E-state index in [9.17, 15) is 14.9 Å². The number of aryl methyl sites for hydroxylation is 1. The molecule has 0 aliphatic heterocycles. The fourth-order valence-corrected chi connectivity index (χ4v) is 2.90. The van der Waals surface area contributed by atoms with Gasteiger partial charge in [0, 0.05) is 12.1 Å². The largest absolute Gasteiger partial charge is 0.319 e. The first kappa shape index (κ1) is 19.6. The number of nitrogens with one attached hydrogen (secondary N) is 2. The lowest BCUT2D eigenvalue weighted by atomic mass is 9.96. The van der Waals surface area contributed by atoms with E-state index < -0.39 is 4.92 Å². The van der Waals surface area contributed by atoms with Crippen LogP contribution in [0.5, 0.6) is 0 Å².